The van der Waals surface area contributed by atoms with Crippen LogP contribution in [0.1, 0.15) is 0 Å². The van der Waals surface area contributed by atoms with Gasteiger partial charge in [0.05, 0.1) is 15.9 Å². The molecular weight excluding hydrogens is 295 g/mol. The summed E-state index contributed by atoms with van der Waals surface area (Å²) in [6, 6.07) is 0. The molecule has 0 aromatic heterocycles. The fourth-order valence-electron chi connectivity index (χ4n) is 0.0858. The first-order valence-corrected chi connectivity index (χ1v) is 5.56. The lowest BCUT2D eigenvalue weighted by Crippen LogP contribution is -1.96. The molecule has 0 bridgehead atoms. The van der Waals surface area contributed by atoms with Gasteiger partial charge in [-0.3, -0.25) is 9.59 Å². The lowest BCUT2D eigenvalue weighted by Gasteiger charge is -1.84. The Balaban J connectivity index is -0.0000000817. The van der Waals surface area contributed by atoms with Gasteiger partial charge in [-0.25, -0.2) is 0 Å². The largest absolute Gasteiger partial charge is 0.284 e. The molecule has 0 amide bonds. The molecule has 0 spiro atoms. The van der Waals surface area contributed by atoms with Crippen molar-refractivity contribution in [3.63, 3.8) is 0 Å². The fraction of sp³-hybridized carbons (Fsp3) is 0. The van der Waals surface area contributed by atoms with Gasteiger partial charge < -0.3 is 0 Å². The number of carbonyl (C=O) groups is 2. The minimum atomic E-state index is -0.583. The van der Waals surface area contributed by atoms with Crippen LogP contribution in [0.15, 0.2) is 0 Å². The lowest BCUT2D eigenvalue weighted by atomic mass is 10.9. The second-order valence-electron chi connectivity index (χ2n) is 0.847. The zero-order valence-corrected chi connectivity index (χ0v) is 10.8. The zero-order valence-electron chi connectivity index (χ0n) is 4.80. The Kier molecular flexibility index (Phi) is 29.6. The highest BCUT2D eigenvalue weighted by Crippen LogP contribution is 2.26. The average Bonchev–Trinajstić information content (AvgIpc) is 1.84. The Labute approximate surface area is 95.9 Å². The molecule has 0 rings (SSSR count). The van der Waals surface area contributed by atoms with E-state index < -0.39 is 26.9 Å². The van der Waals surface area contributed by atoms with Crippen molar-refractivity contribution < 1.29 is 9.59 Å². The predicted molar refractivity (Wildman–Crippen MR) is 60.1 cm³/mol. The van der Waals surface area contributed by atoms with Crippen molar-refractivity contribution in [2.24, 2.45) is 0 Å². The fourth-order valence-corrected chi connectivity index (χ4v) is 1.62. The summed E-state index contributed by atoms with van der Waals surface area (Å²) in [5.74, 6) is 0. The van der Waals surface area contributed by atoms with Crippen LogP contribution in [-0.2, 0) is 9.59 Å². The molecule has 0 aromatic carbocycles. The second-order valence-corrected chi connectivity index (χ2v) is 3.27. The minimum absolute atomic E-state index is 0. The molecule has 0 saturated heterocycles. The lowest BCUT2D eigenvalue weighted by molar-refractivity contribution is -0.126. The molecule has 0 radical (unpaired) electrons. The molecule has 2 nitrogen and oxygen atoms in total. The number of carbonyl (C=O) groups excluding carboxylic acids is 2. The van der Waals surface area contributed by atoms with Crippen molar-refractivity contribution in [1.82, 2.24) is 0 Å². The molecule has 2 atom stereocenters. The average molecular weight is 300 g/mol. The summed E-state index contributed by atoms with van der Waals surface area (Å²) in [7, 11) is -0.950. The van der Waals surface area contributed by atoms with Gasteiger partial charge in [0.25, 0.3) is 0 Å². The van der Waals surface area contributed by atoms with Gasteiger partial charge in [-0.05, 0) is 0 Å². The highest BCUT2D eigenvalue weighted by molar-refractivity contribution is 7.94. The summed E-state index contributed by atoms with van der Waals surface area (Å²) in [6.07, 6.45) is 0. The van der Waals surface area contributed by atoms with E-state index in [0.29, 0.717) is 0 Å². The molecule has 0 aliphatic carbocycles. The Morgan fingerprint density at radius 2 is 1.00 bits per heavy atom. The smallest absolute Gasteiger partial charge is 0.237 e. The standard InChI is InChI=1S/C2H2Cl2O2P2.3ClH/c3-7-1(5)2(6)8-4;;;/h7-8H;3*1H. The monoisotopic (exact) mass is 298 g/mol. The maximum Gasteiger partial charge on any atom is 0.237 e. The van der Waals surface area contributed by atoms with Crippen LogP contribution in [0.4, 0.5) is 0 Å². The third-order valence-electron chi connectivity index (χ3n) is 0.378. The van der Waals surface area contributed by atoms with E-state index in [0.717, 1.165) is 0 Å². The van der Waals surface area contributed by atoms with Gasteiger partial charge in [0, 0.05) is 0 Å². The van der Waals surface area contributed by atoms with E-state index in [2.05, 4.69) is 0 Å². The van der Waals surface area contributed by atoms with Crippen LogP contribution in [0, 0.1) is 0 Å². The molecule has 0 N–H and O–H groups in total. The SMILES string of the molecule is Cl.Cl.Cl.O=C(PCl)C(=O)PCl. The van der Waals surface area contributed by atoms with E-state index in [4.69, 9.17) is 22.5 Å². The Hall–Kier alpha value is 1.65. The van der Waals surface area contributed by atoms with Crippen molar-refractivity contribution in [1.29, 1.82) is 0 Å². The van der Waals surface area contributed by atoms with Gasteiger partial charge in [0.2, 0.25) is 11.0 Å². The van der Waals surface area contributed by atoms with Crippen LogP contribution in [0.3, 0.4) is 0 Å². The van der Waals surface area contributed by atoms with Crippen molar-refractivity contribution in [3.05, 3.63) is 0 Å². The molecule has 0 fully saturated rings. The van der Waals surface area contributed by atoms with Gasteiger partial charge in [-0.15, -0.1) is 37.2 Å². The van der Waals surface area contributed by atoms with Gasteiger partial charge >= 0.3 is 0 Å². The topological polar surface area (TPSA) is 34.1 Å². The number of halogens is 5. The van der Waals surface area contributed by atoms with E-state index >= 15 is 0 Å². The normalized spacial score (nSPS) is 8.55. The molecule has 11 heavy (non-hydrogen) atoms. The molecule has 2 unspecified atom stereocenters. The molecule has 0 saturated carbocycles. The summed E-state index contributed by atoms with van der Waals surface area (Å²) in [5.41, 5.74) is -1.17. The quantitative estimate of drug-likeness (QED) is 0.593. The van der Waals surface area contributed by atoms with E-state index in [9.17, 15) is 9.59 Å². The molecule has 0 aliphatic heterocycles. The molecular formula is C2H5Cl5O2P2. The number of rotatable bonds is 3. The predicted octanol–water partition coefficient (Wildman–Crippen LogP) is 2.97. The Morgan fingerprint density at radius 1 is 0.818 bits per heavy atom. The van der Waals surface area contributed by atoms with Crippen LogP contribution in [-0.4, -0.2) is 11.0 Å². The van der Waals surface area contributed by atoms with Gasteiger partial charge in [0.15, 0.2) is 0 Å². The molecule has 0 aliphatic rings. The van der Waals surface area contributed by atoms with Crippen molar-refractivity contribution >= 4 is 86.6 Å². The Morgan fingerprint density at radius 3 is 1.09 bits per heavy atom. The van der Waals surface area contributed by atoms with Crippen molar-refractivity contribution in [3.8, 4) is 0 Å². The molecule has 9 heteroatoms. The highest BCUT2D eigenvalue weighted by Gasteiger charge is 2.09. The minimum Gasteiger partial charge on any atom is -0.284 e. The van der Waals surface area contributed by atoms with E-state index in [1.807, 2.05) is 0 Å². The molecule has 70 valence electrons. The number of hydrogen-bond donors (Lipinski definition) is 0. The van der Waals surface area contributed by atoms with Crippen LogP contribution >= 0.6 is 75.6 Å². The first kappa shape index (κ1) is 22.9. The summed E-state index contributed by atoms with van der Waals surface area (Å²) in [4.78, 5) is 20.4. The zero-order chi connectivity index (χ0) is 6.57. The van der Waals surface area contributed by atoms with Crippen LogP contribution in [0.5, 0.6) is 0 Å². The van der Waals surface area contributed by atoms with Gasteiger partial charge in [-0.1, -0.05) is 22.5 Å². The number of hydrogen-bond acceptors (Lipinski definition) is 2. The molecule has 0 aromatic rings. The maximum absolute atomic E-state index is 10.2. The van der Waals surface area contributed by atoms with Crippen molar-refractivity contribution in [2.45, 2.75) is 0 Å². The summed E-state index contributed by atoms with van der Waals surface area (Å²) >= 11 is 10.1. The van der Waals surface area contributed by atoms with Crippen LogP contribution in [0.25, 0.3) is 0 Å². The van der Waals surface area contributed by atoms with Crippen molar-refractivity contribution in [2.75, 3.05) is 0 Å². The van der Waals surface area contributed by atoms with E-state index in [1.165, 1.54) is 0 Å². The third kappa shape index (κ3) is 11.7. The second kappa shape index (κ2) is 14.2. The van der Waals surface area contributed by atoms with E-state index in [-0.39, 0.29) is 37.2 Å². The third-order valence-corrected chi connectivity index (χ3v) is 2.46. The molecule has 0 heterocycles. The van der Waals surface area contributed by atoms with Crippen LogP contribution < -0.4 is 0 Å². The summed E-state index contributed by atoms with van der Waals surface area (Å²) in [5, 5.41) is 0. The summed E-state index contributed by atoms with van der Waals surface area (Å²) in [6.45, 7) is 0. The summed E-state index contributed by atoms with van der Waals surface area (Å²) < 4.78 is 0. The van der Waals surface area contributed by atoms with E-state index in [1.54, 1.807) is 0 Å². The van der Waals surface area contributed by atoms with Gasteiger partial charge in [0.1, 0.15) is 0 Å². The van der Waals surface area contributed by atoms with Gasteiger partial charge in [-0.2, -0.15) is 0 Å². The maximum atomic E-state index is 10.2. The Bertz CT molecular complexity index is 105. The first-order chi connectivity index (χ1) is 3.72. The highest BCUT2D eigenvalue weighted by atomic mass is 35.7. The van der Waals surface area contributed by atoms with Crippen LogP contribution in [0.2, 0.25) is 0 Å². The first-order valence-electron chi connectivity index (χ1n) is 1.54.